The second-order valence-electron chi connectivity index (χ2n) is 7.61. The third kappa shape index (κ3) is 4.96. The molecule has 2 aromatic heterocycles. The lowest BCUT2D eigenvalue weighted by Gasteiger charge is -2.21. The Morgan fingerprint density at radius 1 is 1.31 bits per heavy atom. The SMILES string of the molecule is CC(CCc1ccco1)NC(=O)CSc1c2c(nc3cc(Cl)ccc13)CCCC2. The van der Waals surface area contributed by atoms with Gasteiger partial charge in [0.1, 0.15) is 5.76 Å². The molecule has 29 heavy (non-hydrogen) atoms. The highest BCUT2D eigenvalue weighted by Crippen LogP contribution is 2.36. The van der Waals surface area contributed by atoms with Gasteiger partial charge in [-0.15, -0.1) is 11.8 Å². The van der Waals surface area contributed by atoms with Crippen LogP contribution in [-0.4, -0.2) is 22.7 Å². The molecule has 4 nitrogen and oxygen atoms in total. The summed E-state index contributed by atoms with van der Waals surface area (Å²) in [5, 5.41) is 4.90. The van der Waals surface area contributed by atoms with Crippen molar-refractivity contribution >= 4 is 40.2 Å². The van der Waals surface area contributed by atoms with Gasteiger partial charge >= 0.3 is 0 Å². The number of benzene rings is 1. The molecule has 1 aliphatic rings. The van der Waals surface area contributed by atoms with Gasteiger partial charge in [-0.2, -0.15) is 0 Å². The van der Waals surface area contributed by atoms with Crippen LogP contribution >= 0.6 is 23.4 Å². The van der Waals surface area contributed by atoms with Gasteiger partial charge in [-0.3, -0.25) is 9.78 Å². The molecule has 152 valence electrons. The Bertz CT molecular complexity index is 1000. The Morgan fingerprint density at radius 2 is 2.17 bits per heavy atom. The lowest BCUT2D eigenvalue weighted by atomic mass is 9.94. The second kappa shape index (κ2) is 9.23. The number of nitrogens with zero attached hydrogens (tertiary/aromatic N) is 1. The maximum atomic E-state index is 12.6. The first-order valence-corrected chi connectivity index (χ1v) is 11.5. The van der Waals surface area contributed by atoms with Crippen molar-refractivity contribution in [1.29, 1.82) is 0 Å². The number of hydrogen-bond donors (Lipinski definition) is 1. The maximum absolute atomic E-state index is 12.6. The molecule has 1 amide bonds. The van der Waals surface area contributed by atoms with Crippen molar-refractivity contribution in [1.82, 2.24) is 10.3 Å². The van der Waals surface area contributed by atoms with Crippen LogP contribution in [-0.2, 0) is 24.1 Å². The van der Waals surface area contributed by atoms with E-state index in [-0.39, 0.29) is 11.9 Å². The third-order valence-corrected chi connectivity index (χ3v) is 6.73. The van der Waals surface area contributed by atoms with Crippen LogP contribution in [0.5, 0.6) is 0 Å². The average molecular weight is 429 g/mol. The molecule has 1 N–H and O–H groups in total. The number of halogens is 1. The molecule has 0 aliphatic heterocycles. The fourth-order valence-electron chi connectivity index (χ4n) is 3.86. The van der Waals surface area contributed by atoms with Crippen LogP contribution in [0.2, 0.25) is 5.02 Å². The molecule has 1 aromatic carbocycles. The van der Waals surface area contributed by atoms with Gasteiger partial charge in [-0.25, -0.2) is 0 Å². The topological polar surface area (TPSA) is 55.1 Å². The molecule has 0 spiro atoms. The van der Waals surface area contributed by atoms with Crippen LogP contribution < -0.4 is 5.32 Å². The summed E-state index contributed by atoms with van der Waals surface area (Å²) in [5.74, 6) is 1.42. The number of carbonyl (C=O) groups excluding carboxylic acids is 1. The van der Waals surface area contributed by atoms with E-state index in [2.05, 4.69) is 5.32 Å². The fourth-order valence-corrected chi connectivity index (χ4v) is 5.11. The van der Waals surface area contributed by atoms with E-state index < -0.39 is 0 Å². The Hall–Kier alpha value is -1.98. The number of amides is 1. The number of aromatic nitrogens is 1. The maximum Gasteiger partial charge on any atom is 0.230 e. The summed E-state index contributed by atoms with van der Waals surface area (Å²) in [6, 6.07) is 9.83. The van der Waals surface area contributed by atoms with Gasteiger partial charge in [-0.1, -0.05) is 17.7 Å². The molecular formula is C23H25ClN2O2S. The van der Waals surface area contributed by atoms with Gasteiger partial charge in [0.25, 0.3) is 0 Å². The number of pyridine rings is 1. The van der Waals surface area contributed by atoms with Crippen LogP contribution in [0, 0.1) is 0 Å². The predicted molar refractivity (Wildman–Crippen MR) is 119 cm³/mol. The molecule has 6 heteroatoms. The van der Waals surface area contributed by atoms with E-state index in [0.717, 1.165) is 42.3 Å². The Kier molecular flexibility index (Phi) is 6.46. The lowest BCUT2D eigenvalue weighted by molar-refractivity contribution is -0.119. The molecule has 4 rings (SSSR count). The van der Waals surface area contributed by atoms with Gasteiger partial charge in [0, 0.05) is 33.5 Å². The summed E-state index contributed by atoms with van der Waals surface area (Å²) in [7, 11) is 0. The number of rotatable bonds is 7. The molecular weight excluding hydrogens is 404 g/mol. The summed E-state index contributed by atoms with van der Waals surface area (Å²) >= 11 is 7.81. The second-order valence-corrected chi connectivity index (χ2v) is 9.03. The van der Waals surface area contributed by atoms with Crippen molar-refractivity contribution in [3.8, 4) is 0 Å². The van der Waals surface area contributed by atoms with Gasteiger partial charge in [0.05, 0.1) is 17.5 Å². The van der Waals surface area contributed by atoms with E-state index in [0.29, 0.717) is 10.8 Å². The quantitative estimate of drug-likeness (QED) is 0.498. The third-order valence-electron chi connectivity index (χ3n) is 5.33. The summed E-state index contributed by atoms with van der Waals surface area (Å²) in [6.45, 7) is 2.04. The largest absolute Gasteiger partial charge is 0.469 e. The molecule has 3 aromatic rings. The van der Waals surface area contributed by atoms with Crippen molar-refractivity contribution < 1.29 is 9.21 Å². The first-order chi connectivity index (χ1) is 14.1. The molecule has 0 fully saturated rings. The molecule has 0 saturated carbocycles. The molecule has 1 aliphatic carbocycles. The monoisotopic (exact) mass is 428 g/mol. The van der Waals surface area contributed by atoms with Crippen LogP contribution in [0.3, 0.4) is 0 Å². The summed E-state index contributed by atoms with van der Waals surface area (Å²) in [5.41, 5.74) is 3.41. The minimum Gasteiger partial charge on any atom is -0.469 e. The Morgan fingerprint density at radius 3 is 3.00 bits per heavy atom. The number of fused-ring (bicyclic) bond motifs is 2. The molecule has 0 radical (unpaired) electrons. The van der Waals surface area contributed by atoms with E-state index in [9.17, 15) is 4.79 Å². The highest BCUT2D eigenvalue weighted by molar-refractivity contribution is 8.00. The zero-order valence-corrected chi connectivity index (χ0v) is 18.1. The van der Waals surface area contributed by atoms with Gasteiger partial charge < -0.3 is 9.73 Å². The molecule has 1 atom stereocenters. The molecule has 2 heterocycles. The number of thioether (sulfide) groups is 1. The predicted octanol–water partition coefficient (Wildman–Crippen LogP) is 5.59. The lowest BCUT2D eigenvalue weighted by Crippen LogP contribution is -2.34. The molecule has 1 unspecified atom stereocenters. The number of carbonyl (C=O) groups is 1. The normalized spacial score (nSPS) is 14.6. The standard InChI is InChI=1S/C23H25ClN2O2S/c1-15(8-10-17-5-4-12-28-17)25-22(27)14-29-23-18-6-2-3-7-20(18)26-21-13-16(24)9-11-19(21)23/h4-5,9,11-13,15H,2-3,6-8,10,14H2,1H3,(H,25,27). The van der Waals surface area contributed by atoms with Gasteiger partial charge in [0.2, 0.25) is 5.91 Å². The van der Waals surface area contributed by atoms with Crippen molar-refractivity contribution in [2.45, 2.75) is 56.4 Å². The van der Waals surface area contributed by atoms with Crippen LogP contribution in [0.25, 0.3) is 10.9 Å². The van der Waals surface area contributed by atoms with Crippen molar-refractivity contribution in [2.24, 2.45) is 0 Å². The number of nitrogens with one attached hydrogen (secondary N) is 1. The number of hydrogen-bond acceptors (Lipinski definition) is 4. The van der Waals surface area contributed by atoms with E-state index in [1.807, 2.05) is 37.3 Å². The van der Waals surface area contributed by atoms with E-state index in [1.54, 1.807) is 18.0 Å². The first kappa shape index (κ1) is 20.3. The zero-order valence-electron chi connectivity index (χ0n) is 16.5. The molecule has 0 bridgehead atoms. The number of aryl methyl sites for hydroxylation is 2. The molecule has 0 saturated heterocycles. The Balaban J connectivity index is 1.44. The van der Waals surface area contributed by atoms with Gasteiger partial charge in [0.15, 0.2) is 0 Å². The zero-order chi connectivity index (χ0) is 20.2. The smallest absolute Gasteiger partial charge is 0.230 e. The summed E-state index contributed by atoms with van der Waals surface area (Å²) in [4.78, 5) is 18.6. The Labute approximate surface area is 180 Å². The number of furan rings is 1. The van der Waals surface area contributed by atoms with Crippen molar-refractivity contribution in [3.05, 3.63) is 58.6 Å². The summed E-state index contributed by atoms with van der Waals surface area (Å²) in [6.07, 6.45) is 7.75. The van der Waals surface area contributed by atoms with Gasteiger partial charge in [-0.05, 0) is 68.9 Å². The fraction of sp³-hybridized carbons (Fsp3) is 0.391. The first-order valence-electron chi connectivity index (χ1n) is 10.2. The minimum atomic E-state index is 0.0606. The van der Waals surface area contributed by atoms with E-state index >= 15 is 0 Å². The highest BCUT2D eigenvalue weighted by atomic mass is 35.5. The average Bonchev–Trinajstić information content (AvgIpc) is 3.23. The van der Waals surface area contributed by atoms with Crippen LogP contribution in [0.1, 0.15) is 43.2 Å². The summed E-state index contributed by atoms with van der Waals surface area (Å²) < 4.78 is 5.36. The van der Waals surface area contributed by atoms with Crippen LogP contribution in [0.15, 0.2) is 45.9 Å². The van der Waals surface area contributed by atoms with Crippen molar-refractivity contribution in [3.63, 3.8) is 0 Å². The van der Waals surface area contributed by atoms with E-state index in [1.165, 1.54) is 29.0 Å². The van der Waals surface area contributed by atoms with E-state index in [4.69, 9.17) is 21.0 Å². The minimum absolute atomic E-state index is 0.0606. The highest BCUT2D eigenvalue weighted by Gasteiger charge is 2.20. The van der Waals surface area contributed by atoms with Crippen molar-refractivity contribution in [2.75, 3.05) is 5.75 Å². The van der Waals surface area contributed by atoms with Crippen LogP contribution in [0.4, 0.5) is 0 Å².